The molecule has 0 aliphatic heterocycles. The number of halogens is 3. The van der Waals surface area contributed by atoms with Crippen LogP contribution >= 0.6 is 34.8 Å². The van der Waals surface area contributed by atoms with Crippen molar-refractivity contribution in [3.63, 3.8) is 0 Å². The number of aromatic nitrogens is 6. The summed E-state index contributed by atoms with van der Waals surface area (Å²) in [5, 5.41) is 0. The Hall–Kier alpha value is -4.63. The third-order valence-electron chi connectivity index (χ3n) is 5.45. The van der Waals surface area contributed by atoms with Crippen molar-refractivity contribution in [2.75, 3.05) is 0 Å². The summed E-state index contributed by atoms with van der Waals surface area (Å²) in [7, 11) is 0. The molecule has 8 nitrogen and oxygen atoms in total. The van der Waals surface area contributed by atoms with Gasteiger partial charge in [0.1, 0.15) is 0 Å². The van der Waals surface area contributed by atoms with E-state index in [9.17, 15) is 9.59 Å². The van der Waals surface area contributed by atoms with Crippen molar-refractivity contribution in [3.8, 4) is 45.6 Å². The molecular weight excluding hydrogens is 595 g/mol. The summed E-state index contributed by atoms with van der Waals surface area (Å²) in [6, 6.07) is 28.4. The molecule has 0 amide bonds. The Morgan fingerprint density at radius 2 is 0.690 bits per heavy atom. The number of aromatic amines is 2. The van der Waals surface area contributed by atoms with Crippen LogP contribution in [0.25, 0.3) is 45.6 Å². The highest BCUT2D eigenvalue weighted by atomic mass is 35.6. The molecule has 0 unspecified atom stereocenters. The van der Waals surface area contributed by atoms with Crippen LogP contribution in [0.4, 0.5) is 0 Å². The number of hydrogen-bond donors (Lipinski definition) is 2. The molecule has 0 aliphatic carbocycles. The first-order valence-corrected chi connectivity index (χ1v) is 13.8. The molecule has 6 aromatic rings. The summed E-state index contributed by atoms with van der Waals surface area (Å²) in [4.78, 5) is 46.9. The predicted octanol–water partition coefficient (Wildman–Crippen LogP) is 6.98. The van der Waals surface area contributed by atoms with Crippen LogP contribution < -0.4 is 10.9 Å². The van der Waals surface area contributed by atoms with Crippen LogP contribution in [0.5, 0.6) is 0 Å². The Morgan fingerprint density at radius 3 is 0.881 bits per heavy atom. The average molecular weight is 618 g/mol. The van der Waals surface area contributed by atoms with Crippen molar-refractivity contribution < 1.29 is 0 Å². The van der Waals surface area contributed by atoms with E-state index in [4.69, 9.17) is 34.8 Å². The number of hydrogen-bond acceptors (Lipinski definition) is 6. The second-order valence-corrected chi connectivity index (χ2v) is 10.4. The summed E-state index contributed by atoms with van der Waals surface area (Å²) < 4.78 is -0.750. The molecule has 0 aliphatic rings. The standard InChI is InChI=1S/2C15H11N3O.CHCl3/c2*19-11-9-14(12-5-1-3-7-16-12)18-15(10-11)13-6-2-4-8-17-13;2-1(3)4/h2*1-10H,(H,18,19);1H. The minimum absolute atomic E-state index is 0.0694. The Kier molecular flexibility index (Phi) is 11.1. The third-order valence-corrected chi connectivity index (χ3v) is 5.45. The first kappa shape index (κ1) is 30.3. The van der Waals surface area contributed by atoms with Gasteiger partial charge in [-0.05, 0) is 48.5 Å². The SMILES string of the molecule is ClC(Cl)Cl.O=c1cc(-c2ccccn2)[nH]c(-c2ccccn2)c1.O=c1cc(-c2ccccn2)[nH]c(-c2ccccn2)c1. The van der Waals surface area contributed by atoms with Crippen molar-refractivity contribution in [1.82, 2.24) is 29.9 Å². The van der Waals surface area contributed by atoms with Crippen LogP contribution in [0, 0.1) is 0 Å². The van der Waals surface area contributed by atoms with E-state index in [1.54, 1.807) is 24.8 Å². The lowest BCUT2D eigenvalue weighted by atomic mass is 10.2. The lowest BCUT2D eigenvalue weighted by molar-refractivity contribution is 1.21. The van der Waals surface area contributed by atoms with Gasteiger partial charge >= 0.3 is 0 Å². The topological polar surface area (TPSA) is 117 Å². The van der Waals surface area contributed by atoms with Crippen molar-refractivity contribution in [2.45, 2.75) is 4.30 Å². The van der Waals surface area contributed by atoms with Crippen LogP contribution in [0.1, 0.15) is 0 Å². The largest absolute Gasteiger partial charge is 0.352 e. The average Bonchev–Trinajstić information content (AvgIpc) is 3.02. The molecule has 11 heteroatoms. The molecule has 6 heterocycles. The molecule has 0 radical (unpaired) electrons. The van der Waals surface area contributed by atoms with E-state index in [2.05, 4.69) is 29.9 Å². The van der Waals surface area contributed by atoms with Gasteiger partial charge in [0.2, 0.25) is 0 Å². The highest BCUT2D eigenvalue weighted by Crippen LogP contribution is 2.18. The minimum Gasteiger partial charge on any atom is -0.352 e. The molecule has 0 atom stereocenters. The lowest BCUT2D eigenvalue weighted by Gasteiger charge is -2.05. The smallest absolute Gasteiger partial charge is 0.182 e. The van der Waals surface area contributed by atoms with E-state index in [1.807, 2.05) is 72.8 Å². The van der Waals surface area contributed by atoms with Gasteiger partial charge in [-0.1, -0.05) is 59.1 Å². The van der Waals surface area contributed by atoms with Crippen LogP contribution in [0.3, 0.4) is 0 Å². The summed E-state index contributed by atoms with van der Waals surface area (Å²) in [5.74, 6) is 0. The highest BCUT2D eigenvalue weighted by Gasteiger charge is 2.06. The number of nitrogens with one attached hydrogen (secondary N) is 2. The molecule has 0 spiro atoms. The van der Waals surface area contributed by atoms with Gasteiger partial charge in [0, 0.05) is 49.1 Å². The molecule has 6 aromatic heterocycles. The number of H-pyrrole nitrogens is 2. The number of alkyl halides is 3. The van der Waals surface area contributed by atoms with Crippen LogP contribution in [0.2, 0.25) is 0 Å². The molecule has 6 rings (SSSR count). The van der Waals surface area contributed by atoms with Crippen molar-refractivity contribution in [2.24, 2.45) is 0 Å². The van der Waals surface area contributed by atoms with E-state index in [-0.39, 0.29) is 10.9 Å². The van der Waals surface area contributed by atoms with Gasteiger partial charge in [0.15, 0.2) is 15.2 Å². The minimum atomic E-state index is -0.750. The molecule has 2 N–H and O–H groups in total. The molecular formula is C31H23Cl3N6O2. The van der Waals surface area contributed by atoms with Gasteiger partial charge in [0.05, 0.1) is 45.6 Å². The van der Waals surface area contributed by atoms with Gasteiger partial charge in [-0.15, -0.1) is 0 Å². The van der Waals surface area contributed by atoms with Gasteiger partial charge < -0.3 is 9.97 Å². The molecule has 42 heavy (non-hydrogen) atoms. The van der Waals surface area contributed by atoms with Crippen LogP contribution in [0.15, 0.2) is 131 Å². The van der Waals surface area contributed by atoms with Crippen molar-refractivity contribution in [1.29, 1.82) is 0 Å². The Morgan fingerprint density at radius 1 is 0.452 bits per heavy atom. The van der Waals surface area contributed by atoms with Crippen molar-refractivity contribution in [3.05, 3.63) is 142 Å². The normalized spacial score (nSPS) is 10.2. The second-order valence-electron chi connectivity index (χ2n) is 8.39. The van der Waals surface area contributed by atoms with E-state index in [0.717, 1.165) is 22.8 Å². The fraction of sp³-hybridized carbons (Fsp3) is 0.0323. The fourth-order valence-corrected chi connectivity index (χ4v) is 3.73. The zero-order valence-corrected chi connectivity index (χ0v) is 24.1. The summed E-state index contributed by atoms with van der Waals surface area (Å²) >= 11 is 14.4. The Balaban J connectivity index is 0.000000171. The zero-order valence-electron chi connectivity index (χ0n) is 21.9. The predicted molar refractivity (Wildman–Crippen MR) is 168 cm³/mol. The molecule has 0 fully saturated rings. The Bertz CT molecular complexity index is 1550. The summed E-state index contributed by atoms with van der Waals surface area (Å²) in [6.45, 7) is 0. The zero-order chi connectivity index (χ0) is 29.7. The maximum absolute atomic E-state index is 11.8. The number of pyridine rings is 6. The Labute approximate surface area is 256 Å². The highest BCUT2D eigenvalue weighted by molar-refractivity contribution is 6.63. The number of nitrogens with zero attached hydrogens (tertiary/aromatic N) is 4. The van der Waals surface area contributed by atoms with E-state index in [1.165, 1.54) is 24.3 Å². The van der Waals surface area contributed by atoms with E-state index in [0.29, 0.717) is 22.8 Å². The van der Waals surface area contributed by atoms with Crippen LogP contribution in [-0.4, -0.2) is 34.2 Å². The van der Waals surface area contributed by atoms with Crippen LogP contribution in [-0.2, 0) is 0 Å². The first-order valence-electron chi connectivity index (χ1n) is 12.5. The molecule has 0 aromatic carbocycles. The summed E-state index contributed by atoms with van der Waals surface area (Å²) in [5.41, 5.74) is 5.55. The molecule has 210 valence electrons. The quantitative estimate of drug-likeness (QED) is 0.206. The van der Waals surface area contributed by atoms with Crippen molar-refractivity contribution >= 4 is 34.8 Å². The van der Waals surface area contributed by atoms with E-state index < -0.39 is 4.30 Å². The number of rotatable bonds is 4. The molecule has 0 saturated carbocycles. The van der Waals surface area contributed by atoms with Gasteiger partial charge in [-0.2, -0.15) is 0 Å². The molecule has 0 bridgehead atoms. The maximum atomic E-state index is 11.8. The third kappa shape index (κ3) is 9.21. The second kappa shape index (κ2) is 15.4. The van der Waals surface area contributed by atoms with Gasteiger partial charge in [0.25, 0.3) is 0 Å². The van der Waals surface area contributed by atoms with Gasteiger partial charge in [-0.25, -0.2) is 0 Å². The monoisotopic (exact) mass is 616 g/mol. The summed E-state index contributed by atoms with van der Waals surface area (Å²) in [6.07, 6.45) is 6.78. The first-order chi connectivity index (χ1) is 20.4. The van der Waals surface area contributed by atoms with E-state index >= 15 is 0 Å². The maximum Gasteiger partial charge on any atom is 0.182 e. The molecule has 0 saturated heterocycles. The fourth-order valence-electron chi connectivity index (χ4n) is 3.73. The van der Waals surface area contributed by atoms with Gasteiger partial charge in [-0.3, -0.25) is 29.5 Å². The lowest BCUT2D eigenvalue weighted by Crippen LogP contribution is -2.03.